The molecule has 2 aliphatic rings. The molecule has 2 aromatic heterocycles. The number of benzene rings is 2. The van der Waals surface area contributed by atoms with E-state index in [9.17, 15) is 4.79 Å². The number of carbonyl (C=O) groups excluding carboxylic acids is 1. The molecule has 184 valence electrons. The first-order valence-corrected chi connectivity index (χ1v) is 14.2. The van der Waals surface area contributed by atoms with Crippen LogP contribution in [0.25, 0.3) is 21.8 Å². The summed E-state index contributed by atoms with van der Waals surface area (Å²) in [6.07, 6.45) is 1.70. The van der Waals surface area contributed by atoms with E-state index in [-0.39, 0.29) is 5.91 Å². The zero-order valence-corrected chi connectivity index (χ0v) is 22.1. The Morgan fingerprint density at radius 1 is 1.00 bits per heavy atom. The second kappa shape index (κ2) is 10.4. The van der Waals surface area contributed by atoms with Crippen molar-refractivity contribution in [2.24, 2.45) is 0 Å². The smallest absolute Gasteiger partial charge is 0.282 e. The standard InChI is InChI=1S/C27H26ClN5OS2/c28-23-4-2-1-3-22(23)24-18-36-25(30-24)20-7-5-19(6-8-20)15-31-16-21(17-31)32-10-12-33(13-11-32)27(34)26-29-9-14-35-26/h1-9,14,18,21H,10-13,15-17H2. The molecule has 4 aromatic rings. The van der Waals surface area contributed by atoms with Crippen molar-refractivity contribution in [3.05, 3.63) is 81.1 Å². The molecule has 0 radical (unpaired) electrons. The first-order chi connectivity index (χ1) is 17.6. The van der Waals surface area contributed by atoms with Crippen molar-refractivity contribution in [1.29, 1.82) is 0 Å². The van der Waals surface area contributed by atoms with Gasteiger partial charge in [-0.1, -0.05) is 54.1 Å². The first kappa shape index (κ1) is 23.8. The van der Waals surface area contributed by atoms with Crippen molar-refractivity contribution in [3.8, 4) is 21.8 Å². The zero-order valence-electron chi connectivity index (χ0n) is 19.7. The highest BCUT2D eigenvalue weighted by Crippen LogP contribution is 2.32. The molecule has 0 spiro atoms. The van der Waals surface area contributed by atoms with Gasteiger partial charge in [0.2, 0.25) is 0 Å². The van der Waals surface area contributed by atoms with Crippen molar-refractivity contribution < 1.29 is 4.79 Å². The van der Waals surface area contributed by atoms with Gasteiger partial charge >= 0.3 is 0 Å². The van der Waals surface area contributed by atoms with Gasteiger partial charge in [-0.15, -0.1) is 22.7 Å². The number of hydrogen-bond donors (Lipinski definition) is 0. The molecule has 0 aliphatic carbocycles. The van der Waals surface area contributed by atoms with Gasteiger partial charge in [0, 0.05) is 85.0 Å². The Hall–Kier alpha value is -2.62. The van der Waals surface area contributed by atoms with Crippen LogP contribution in [0.15, 0.2) is 65.5 Å². The molecule has 6 nitrogen and oxygen atoms in total. The van der Waals surface area contributed by atoms with Crippen molar-refractivity contribution in [3.63, 3.8) is 0 Å². The van der Waals surface area contributed by atoms with Crippen molar-refractivity contribution >= 4 is 40.2 Å². The summed E-state index contributed by atoms with van der Waals surface area (Å²) in [6.45, 7) is 6.56. The number of hydrogen-bond acceptors (Lipinski definition) is 7. The van der Waals surface area contributed by atoms with E-state index in [4.69, 9.17) is 16.6 Å². The summed E-state index contributed by atoms with van der Waals surface area (Å²) in [4.78, 5) is 28.4. The molecular formula is C27H26ClN5OS2. The fourth-order valence-electron chi connectivity index (χ4n) is 4.87. The van der Waals surface area contributed by atoms with Crippen LogP contribution in [0.1, 0.15) is 15.4 Å². The lowest BCUT2D eigenvalue weighted by Crippen LogP contribution is -2.63. The van der Waals surface area contributed by atoms with Crippen LogP contribution in [0.2, 0.25) is 5.02 Å². The minimum Gasteiger partial charge on any atom is -0.334 e. The van der Waals surface area contributed by atoms with Crippen LogP contribution >= 0.6 is 34.3 Å². The minimum absolute atomic E-state index is 0.0705. The van der Waals surface area contributed by atoms with Crippen molar-refractivity contribution in [2.45, 2.75) is 12.6 Å². The Bertz CT molecular complexity index is 1330. The number of aromatic nitrogens is 2. The Labute approximate surface area is 223 Å². The fourth-order valence-corrected chi connectivity index (χ4v) is 6.53. The van der Waals surface area contributed by atoms with Crippen LogP contribution in [0, 0.1) is 0 Å². The van der Waals surface area contributed by atoms with Crippen LogP contribution in [-0.4, -0.2) is 75.9 Å². The lowest BCUT2D eigenvalue weighted by atomic mass is 10.0. The monoisotopic (exact) mass is 535 g/mol. The molecule has 36 heavy (non-hydrogen) atoms. The Morgan fingerprint density at radius 2 is 1.78 bits per heavy atom. The molecule has 2 aliphatic heterocycles. The molecule has 0 unspecified atom stereocenters. The summed E-state index contributed by atoms with van der Waals surface area (Å²) in [6, 6.07) is 17.2. The van der Waals surface area contributed by atoms with Crippen molar-refractivity contribution in [2.75, 3.05) is 39.3 Å². The Balaban J connectivity index is 0.987. The predicted octanol–water partition coefficient (Wildman–Crippen LogP) is 5.23. The predicted molar refractivity (Wildman–Crippen MR) is 147 cm³/mol. The maximum Gasteiger partial charge on any atom is 0.282 e. The maximum absolute atomic E-state index is 12.5. The molecule has 4 heterocycles. The molecule has 0 N–H and O–H groups in total. The molecule has 0 atom stereocenters. The van der Waals surface area contributed by atoms with Gasteiger partial charge < -0.3 is 4.90 Å². The van der Waals surface area contributed by atoms with Gasteiger partial charge in [0.25, 0.3) is 5.91 Å². The summed E-state index contributed by atoms with van der Waals surface area (Å²) in [5.41, 5.74) is 4.34. The number of nitrogens with zero attached hydrogens (tertiary/aromatic N) is 5. The molecule has 0 bridgehead atoms. The highest BCUT2D eigenvalue weighted by Gasteiger charge is 2.34. The lowest BCUT2D eigenvalue weighted by Gasteiger charge is -2.48. The number of thiazole rings is 2. The highest BCUT2D eigenvalue weighted by atomic mass is 35.5. The van der Waals surface area contributed by atoms with Gasteiger partial charge in [0.05, 0.1) is 5.69 Å². The minimum atomic E-state index is 0.0705. The van der Waals surface area contributed by atoms with Gasteiger partial charge in [0.1, 0.15) is 5.01 Å². The van der Waals surface area contributed by atoms with Gasteiger partial charge in [-0.25, -0.2) is 9.97 Å². The van der Waals surface area contributed by atoms with Crippen LogP contribution in [0.4, 0.5) is 0 Å². The molecule has 9 heteroatoms. The maximum atomic E-state index is 12.5. The largest absolute Gasteiger partial charge is 0.334 e. The van der Waals surface area contributed by atoms with Crippen molar-refractivity contribution in [1.82, 2.24) is 24.7 Å². The van der Waals surface area contributed by atoms with E-state index in [2.05, 4.69) is 44.4 Å². The van der Waals surface area contributed by atoms with E-state index < -0.39 is 0 Å². The lowest BCUT2D eigenvalue weighted by molar-refractivity contribution is 0.00257. The van der Waals surface area contributed by atoms with Gasteiger partial charge in [-0.2, -0.15) is 0 Å². The average molecular weight is 536 g/mol. The summed E-state index contributed by atoms with van der Waals surface area (Å²) in [5.74, 6) is 0.0705. The fraction of sp³-hybridized carbons (Fsp3) is 0.296. The summed E-state index contributed by atoms with van der Waals surface area (Å²) in [7, 11) is 0. The average Bonchev–Trinajstić information content (AvgIpc) is 3.59. The third kappa shape index (κ3) is 4.96. The van der Waals surface area contributed by atoms with Gasteiger partial charge in [0.15, 0.2) is 5.01 Å². The van der Waals surface area contributed by atoms with Gasteiger partial charge in [-0.3, -0.25) is 14.6 Å². The summed E-state index contributed by atoms with van der Waals surface area (Å²) < 4.78 is 0. The number of carbonyl (C=O) groups is 1. The van der Waals surface area contributed by atoms with E-state index in [1.54, 1.807) is 17.5 Å². The van der Waals surface area contributed by atoms with Crippen LogP contribution in [-0.2, 0) is 6.54 Å². The zero-order chi connectivity index (χ0) is 24.5. The molecule has 2 aromatic carbocycles. The van der Waals surface area contributed by atoms with Crippen LogP contribution < -0.4 is 0 Å². The van der Waals surface area contributed by atoms with Crippen LogP contribution in [0.5, 0.6) is 0 Å². The molecule has 0 saturated carbocycles. The Kier molecular flexibility index (Phi) is 6.86. The SMILES string of the molecule is O=C(c1nccs1)N1CCN(C2CN(Cc3ccc(-c4nc(-c5ccccc5Cl)cs4)cc3)C2)CC1. The number of rotatable bonds is 6. The topological polar surface area (TPSA) is 52.6 Å². The molecule has 6 rings (SSSR count). The number of piperazine rings is 1. The molecule has 2 saturated heterocycles. The quantitative estimate of drug-likeness (QED) is 0.338. The van der Waals surface area contributed by atoms with E-state index in [1.165, 1.54) is 16.9 Å². The van der Waals surface area contributed by atoms with E-state index >= 15 is 0 Å². The molecule has 1 amide bonds. The van der Waals surface area contributed by atoms with Crippen LogP contribution in [0.3, 0.4) is 0 Å². The second-order valence-corrected chi connectivity index (χ2v) is 11.4. The van der Waals surface area contributed by atoms with E-state index in [0.29, 0.717) is 11.0 Å². The number of halogens is 1. The number of likely N-dealkylation sites (tertiary alicyclic amines) is 1. The second-order valence-electron chi connectivity index (χ2n) is 9.23. The van der Waals surface area contributed by atoms with E-state index in [1.807, 2.05) is 34.5 Å². The highest BCUT2D eigenvalue weighted by molar-refractivity contribution is 7.13. The first-order valence-electron chi connectivity index (χ1n) is 12.1. The third-order valence-corrected chi connectivity index (χ3v) is 8.91. The number of amides is 1. The Morgan fingerprint density at radius 3 is 2.50 bits per heavy atom. The van der Waals surface area contributed by atoms with E-state index in [0.717, 1.165) is 72.7 Å². The summed E-state index contributed by atoms with van der Waals surface area (Å²) in [5, 5.41) is 6.26. The third-order valence-electron chi connectivity index (χ3n) is 6.93. The molecular weight excluding hydrogens is 510 g/mol. The summed E-state index contributed by atoms with van der Waals surface area (Å²) >= 11 is 9.40. The van der Waals surface area contributed by atoms with Gasteiger partial charge in [-0.05, 0) is 11.6 Å². The normalized spacial score (nSPS) is 17.3. The molecule has 2 fully saturated rings.